The summed E-state index contributed by atoms with van der Waals surface area (Å²) >= 11 is 1.42. The van der Waals surface area contributed by atoms with Crippen LogP contribution in [0.3, 0.4) is 0 Å². The second kappa shape index (κ2) is 4.90. The molecular weight excluding hydrogens is 263 g/mol. The largest absolute Gasteiger partial charge is 0.338 e. The van der Waals surface area contributed by atoms with Gasteiger partial charge in [0.05, 0.1) is 4.88 Å². The Hall–Kier alpha value is -1.46. The number of nitrogens with two attached hydrogens (primary N) is 1. The summed E-state index contributed by atoms with van der Waals surface area (Å²) in [5.74, 6) is 0.182. The number of likely N-dealkylation sites (tertiary alicyclic amines) is 1. The molecule has 1 atom stereocenters. The van der Waals surface area contributed by atoms with Crippen LogP contribution in [-0.2, 0) is 0 Å². The quantitative estimate of drug-likeness (QED) is 0.917. The smallest absolute Gasteiger partial charge is 0.263 e. The van der Waals surface area contributed by atoms with Crippen LogP contribution < -0.4 is 5.73 Å². The number of amides is 1. The van der Waals surface area contributed by atoms with Gasteiger partial charge in [-0.05, 0) is 48.5 Å². The molecule has 100 valence electrons. The zero-order chi connectivity index (χ0) is 13.4. The lowest BCUT2D eigenvalue weighted by molar-refractivity contribution is 0.0792. The van der Waals surface area contributed by atoms with Crippen LogP contribution in [0, 0.1) is 11.7 Å². The number of hydrogen-bond acceptors (Lipinski definition) is 3. The minimum atomic E-state index is -0.270. The van der Waals surface area contributed by atoms with E-state index in [-0.39, 0.29) is 11.7 Å². The standard InChI is InChI=1S/C14H15FN2OS/c15-11-1-2-12-10(5-11)6-13(19-12)14(18)17-4-3-9(7-16)8-17/h1-2,5-6,9H,3-4,7-8,16H2/t9-/m0/s1. The van der Waals surface area contributed by atoms with E-state index in [0.29, 0.717) is 17.3 Å². The van der Waals surface area contributed by atoms with E-state index in [1.165, 1.54) is 23.5 Å². The Labute approximate surface area is 114 Å². The first-order chi connectivity index (χ1) is 9.17. The lowest BCUT2D eigenvalue weighted by Gasteiger charge is -2.14. The summed E-state index contributed by atoms with van der Waals surface area (Å²) < 4.78 is 14.1. The number of carbonyl (C=O) groups excluding carboxylic acids is 1. The minimum Gasteiger partial charge on any atom is -0.338 e. The van der Waals surface area contributed by atoms with Crippen LogP contribution in [0.15, 0.2) is 24.3 Å². The second-order valence-electron chi connectivity index (χ2n) is 4.93. The summed E-state index contributed by atoms with van der Waals surface area (Å²) in [6, 6.07) is 6.39. The molecule has 1 aromatic heterocycles. The predicted octanol–water partition coefficient (Wildman–Crippen LogP) is 2.46. The van der Waals surface area contributed by atoms with Gasteiger partial charge in [-0.15, -0.1) is 11.3 Å². The molecule has 2 aromatic rings. The van der Waals surface area contributed by atoms with Crippen molar-refractivity contribution in [2.24, 2.45) is 11.7 Å². The molecule has 1 aliphatic rings. The Bertz CT molecular complexity index is 625. The zero-order valence-electron chi connectivity index (χ0n) is 10.4. The maximum atomic E-state index is 13.1. The van der Waals surface area contributed by atoms with E-state index < -0.39 is 0 Å². The zero-order valence-corrected chi connectivity index (χ0v) is 11.3. The summed E-state index contributed by atoms with van der Waals surface area (Å²) in [6.07, 6.45) is 0.974. The Kier molecular flexibility index (Phi) is 3.24. The molecule has 2 heterocycles. The van der Waals surface area contributed by atoms with Crippen molar-refractivity contribution in [3.8, 4) is 0 Å². The van der Waals surface area contributed by atoms with Gasteiger partial charge in [-0.3, -0.25) is 4.79 Å². The van der Waals surface area contributed by atoms with Gasteiger partial charge >= 0.3 is 0 Å². The summed E-state index contributed by atoms with van der Waals surface area (Å²) in [4.78, 5) is 14.9. The highest BCUT2D eigenvalue weighted by Gasteiger charge is 2.26. The van der Waals surface area contributed by atoms with Crippen LogP contribution in [0.25, 0.3) is 10.1 Å². The molecule has 1 saturated heterocycles. The van der Waals surface area contributed by atoms with Crippen LogP contribution in [0.2, 0.25) is 0 Å². The van der Waals surface area contributed by atoms with Crippen molar-refractivity contribution in [2.45, 2.75) is 6.42 Å². The number of thiophene rings is 1. The third kappa shape index (κ3) is 2.35. The van der Waals surface area contributed by atoms with Crippen LogP contribution in [0.5, 0.6) is 0 Å². The summed E-state index contributed by atoms with van der Waals surface area (Å²) in [5.41, 5.74) is 5.64. The van der Waals surface area contributed by atoms with Crippen LogP contribution in [-0.4, -0.2) is 30.4 Å². The van der Waals surface area contributed by atoms with Gasteiger partial charge in [-0.25, -0.2) is 4.39 Å². The lowest BCUT2D eigenvalue weighted by atomic mass is 10.1. The molecule has 1 amide bonds. The van der Waals surface area contributed by atoms with Crippen molar-refractivity contribution in [3.05, 3.63) is 35.0 Å². The van der Waals surface area contributed by atoms with Gasteiger partial charge in [0, 0.05) is 17.8 Å². The molecule has 19 heavy (non-hydrogen) atoms. The molecule has 0 saturated carbocycles. The Morgan fingerprint density at radius 2 is 2.32 bits per heavy atom. The molecule has 2 N–H and O–H groups in total. The maximum absolute atomic E-state index is 13.1. The first-order valence-corrected chi connectivity index (χ1v) is 7.17. The third-order valence-corrected chi connectivity index (χ3v) is 4.70. The fourth-order valence-corrected chi connectivity index (χ4v) is 3.50. The van der Waals surface area contributed by atoms with Gasteiger partial charge in [-0.1, -0.05) is 0 Å². The molecule has 1 aliphatic heterocycles. The average molecular weight is 278 g/mol. The van der Waals surface area contributed by atoms with Crippen LogP contribution in [0.1, 0.15) is 16.1 Å². The molecule has 0 bridgehead atoms. The van der Waals surface area contributed by atoms with Crippen molar-refractivity contribution in [1.29, 1.82) is 0 Å². The Morgan fingerprint density at radius 1 is 1.47 bits per heavy atom. The number of hydrogen-bond donors (Lipinski definition) is 1. The molecule has 5 heteroatoms. The number of benzene rings is 1. The SMILES string of the molecule is NC[C@@H]1CCN(C(=O)c2cc3cc(F)ccc3s2)C1. The van der Waals surface area contributed by atoms with Crippen molar-refractivity contribution < 1.29 is 9.18 Å². The Balaban J connectivity index is 1.86. The van der Waals surface area contributed by atoms with Crippen molar-refractivity contribution in [2.75, 3.05) is 19.6 Å². The first kappa shape index (κ1) is 12.6. The van der Waals surface area contributed by atoms with E-state index in [0.717, 1.165) is 29.6 Å². The molecule has 1 aromatic carbocycles. The predicted molar refractivity (Wildman–Crippen MR) is 74.8 cm³/mol. The molecule has 0 spiro atoms. The highest BCUT2D eigenvalue weighted by Crippen LogP contribution is 2.28. The van der Waals surface area contributed by atoms with Gasteiger partial charge in [0.2, 0.25) is 0 Å². The Morgan fingerprint density at radius 3 is 3.05 bits per heavy atom. The molecule has 0 aliphatic carbocycles. The van der Waals surface area contributed by atoms with Gasteiger partial charge in [0.15, 0.2) is 0 Å². The van der Waals surface area contributed by atoms with Crippen molar-refractivity contribution in [1.82, 2.24) is 4.90 Å². The van der Waals surface area contributed by atoms with E-state index in [1.54, 1.807) is 12.1 Å². The van der Waals surface area contributed by atoms with Crippen LogP contribution in [0.4, 0.5) is 4.39 Å². The topological polar surface area (TPSA) is 46.3 Å². The lowest BCUT2D eigenvalue weighted by Crippen LogP contribution is -2.29. The highest BCUT2D eigenvalue weighted by molar-refractivity contribution is 7.20. The normalized spacial score (nSPS) is 19.3. The maximum Gasteiger partial charge on any atom is 0.263 e. The number of halogens is 1. The fourth-order valence-electron chi connectivity index (χ4n) is 2.48. The van der Waals surface area contributed by atoms with Crippen LogP contribution >= 0.6 is 11.3 Å². The molecule has 0 radical (unpaired) electrons. The number of carbonyl (C=O) groups is 1. The van der Waals surface area contributed by atoms with E-state index in [4.69, 9.17) is 5.73 Å². The van der Waals surface area contributed by atoms with Gasteiger partial charge in [-0.2, -0.15) is 0 Å². The summed E-state index contributed by atoms with van der Waals surface area (Å²) in [6.45, 7) is 2.13. The van der Waals surface area contributed by atoms with Crippen molar-refractivity contribution in [3.63, 3.8) is 0 Å². The monoisotopic (exact) mass is 278 g/mol. The fraction of sp³-hybridized carbons (Fsp3) is 0.357. The van der Waals surface area contributed by atoms with E-state index in [1.807, 2.05) is 4.90 Å². The molecule has 0 unspecified atom stereocenters. The van der Waals surface area contributed by atoms with E-state index in [2.05, 4.69) is 0 Å². The molecule has 3 nitrogen and oxygen atoms in total. The molecule has 1 fully saturated rings. The van der Waals surface area contributed by atoms with Gasteiger partial charge < -0.3 is 10.6 Å². The average Bonchev–Trinajstić information content (AvgIpc) is 3.03. The van der Waals surface area contributed by atoms with Crippen molar-refractivity contribution >= 4 is 27.3 Å². The van der Waals surface area contributed by atoms with E-state index in [9.17, 15) is 9.18 Å². The summed E-state index contributed by atoms with van der Waals surface area (Å²) in [5, 5.41) is 0.794. The number of fused-ring (bicyclic) bond motifs is 1. The molecule has 3 rings (SSSR count). The minimum absolute atomic E-state index is 0.0394. The second-order valence-corrected chi connectivity index (χ2v) is 6.02. The van der Waals surface area contributed by atoms with Gasteiger partial charge in [0.25, 0.3) is 5.91 Å². The van der Waals surface area contributed by atoms with E-state index >= 15 is 0 Å². The summed E-state index contributed by atoms with van der Waals surface area (Å²) in [7, 11) is 0. The molecular formula is C14H15FN2OS. The number of rotatable bonds is 2. The third-order valence-electron chi connectivity index (χ3n) is 3.60. The highest BCUT2D eigenvalue weighted by atomic mass is 32.1. The number of nitrogens with zero attached hydrogens (tertiary/aromatic N) is 1. The first-order valence-electron chi connectivity index (χ1n) is 6.36. The van der Waals surface area contributed by atoms with Gasteiger partial charge in [0.1, 0.15) is 5.82 Å².